The van der Waals surface area contributed by atoms with Crippen molar-refractivity contribution in [3.8, 4) is 0 Å². The van der Waals surface area contributed by atoms with Gasteiger partial charge < -0.3 is 9.80 Å². The first-order valence-electron chi connectivity index (χ1n) is 8.63. The number of hydrogen-bond acceptors (Lipinski definition) is 5. The van der Waals surface area contributed by atoms with E-state index in [1.54, 1.807) is 17.3 Å². The molecule has 0 aliphatic heterocycles. The van der Waals surface area contributed by atoms with Gasteiger partial charge in [0, 0.05) is 39.7 Å². The van der Waals surface area contributed by atoms with Crippen molar-refractivity contribution in [3.63, 3.8) is 0 Å². The van der Waals surface area contributed by atoms with Gasteiger partial charge in [0.2, 0.25) is 5.95 Å². The minimum Gasteiger partial charge on any atom is -0.347 e. The number of pyridine rings is 1. The summed E-state index contributed by atoms with van der Waals surface area (Å²) in [5, 5.41) is 0. The van der Waals surface area contributed by atoms with Crippen LogP contribution in [0.4, 0.5) is 5.95 Å². The molecule has 134 valence electrons. The summed E-state index contributed by atoms with van der Waals surface area (Å²) in [6, 6.07) is 3.93. The third-order valence-corrected chi connectivity index (χ3v) is 4.29. The third-order valence-electron chi connectivity index (χ3n) is 4.29. The van der Waals surface area contributed by atoms with Gasteiger partial charge in [0.05, 0.1) is 17.3 Å². The zero-order valence-corrected chi connectivity index (χ0v) is 15.7. The second-order valence-corrected chi connectivity index (χ2v) is 6.42. The summed E-state index contributed by atoms with van der Waals surface area (Å²) >= 11 is 0. The van der Waals surface area contributed by atoms with Gasteiger partial charge in [-0.05, 0) is 25.0 Å². The molecule has 2 rings (SSSR count). The Kier molecular flexibility index (Phi) is 6.44. The van der Waals surface area contributed by atoms with Crippen molar-refractivity contribution in [2.45, 2.75) is 39.2 Å². The normalized spacial score (nSPS) is 11.9. The second-order valence-electron chi connectivity index (χ2n) is 6.42. The van der Waals surface area contributed by atoms with Crippen molar-refractivity contribution in [1.82, 2.24) is 19.9 Å². The van der Waals surface area contributed by atoms with E-state index < -0.39 is 0 Å². The highest BCUT2D eigenvalue weighted by molar-refractivity contribution is 5.95. The molecule has 2 aromatic rings. The zero-order chi connectivity index (χ0) is 18.4. The fraction of sp³-hybridized carbons (Fsp3) is 0.474. The minimum atomic E-state index is -0.0623. The van der Waals surface area contributed by atoms with Crippen LogP contribution >= 0.6 is 0 Å². The van der Waals surface area contributed by atoms with Gasteiger partial charge in [-0.15, -0.1) is 0 Å². The number of carbonyl (C=O) groups is 1. The van der Waals surface area contributed by atoms with Gasteiger partial charge in [-0.1, -0.05) is 25.8 Å². The fourth-order valence-corrected chi connectivity index (χ4v) is 2.77. The summed E-state index contributed by atoms with van der Waals surface area (Å²) in [6.45, 7) is 4.00. The molecule has 0 fully saturated rings. The Morgan fingerprint density at radius 3 is 2.56 bits per heavy atom. The Bertz CT molecular complexity index is 702. The van der Waals surface area contributed by atoms with Crippen molar-refractivity contribution < 1.29 is 4.79 Å². The van der Waals surface area contributed by atoms with Gasteiger partial charge in [0.25, 0.3) is 5.91 Å². The summed E-state index contributed by atoms with van der Waals surface area (Å²) < 4.78 is 0. The van der Waals surface area contributed by atoms with Crippen LogP contribution in [0, 0.1) is 6.92 Å². The van der Waals surface area contributed by atoms with E-state index in [0.717, 1.165) is 24.8 Å². The number of nitrogens with zero attached hydrogens (tertiary/aromatic N) is 5. The smallest absolute Gasteiger partial charge is 0.257 e. The highest BCUT2D eigenvalue weighted by Gasteiger charge is 2.24. The molecule has 2 heterocycles. The van der Waals surface area contributed by atoms with E-state index in [4.69, 9.17) is 0 Å². The van der Waals surface area contributed by atoms with Gasteiger partial charge >= 0.3 is 0 Å². The van der Waals surface area contributed by atoms with E-state index in [1.165, 1.54) is 0 Å². The number of aryl methyl sites for hydroxylation is 1. The maximum Gasteiger partial charge on any atom is 0.257 e. The van der Waals surface area contributed by atoms with Crippen molar-refractivity contribution in [3.05, 3.63) is 47.5 Å². The van der Waals surface area contributed by atoms with Crippen LogP contribution in [0.3, 0.4) is 0 Å². The number of rotatable bonds is 7. The van der Waals surface area contributed by atoms with Gasteiger partial charge in [0.1, 0.15) is 0 Å². The van der Waals surface area contributed by atoms with E-state index in [-0.39, 0.29) is 11.9 Å². The Balaban J connectivity index is 2.29. The molecule has 1 amide bonds. The molecule has 0 aromatic carbocycles. The van der Waals surface area contributed by atoms with Crippen LogP contribution in [-0.4, -0.2) is 46.9 Å². The van der Waals surface area contributed by atoms with Gasteiger partial charge in [-0.25, -0.2) is 9.97 Å². The third kappa shape index (κ3) is 4.53. The first kappa shape index (κ1) is 18.8. The molecule has 6 nitrogen and oxygen atoms in total. The molecule has 1 unspecified atom stereocenters. The molecule has 0 saturated heterocycles. The van der Waals surface area contributed by atoms with E-state index in [1.807, 2.05) is 51.3 Å². The van der Waals surface area contributed by atoms with Gasteiger partial charge in [-0.3, -0.25) is 9.78 Å². The van der Waals surface area contributed by atoms with E-state index in [9.17, 15) is 4.79 Å². The summed E-state index contributed by atoms with van der Waals surface area (Å²) in [6.07, 6.45) is 8.24. The molecule has 0 radical (unpaired) electrons. The van der Waals surface area contributed by atoms with Crippen LogP contribution in [0.2, 0.25) is 0 Å². The zero-order valence-electron chi connectivity index (χ0n) is 15.7. The predicted molar refractivity (Wildman–Crippen MR) is 99.7 cm³/mol. The molecule has 2 aromatic heterocycles. The lowest BCUT2D eigenvalue weighted by molar-refractivity contribution is 0.0718. The lowest BCUT2D eigenvalue weighted by Gasteiger charge is -2.29. The molecule has 25 heavy (non-hydrogen) atoms. The standard InChI is InChI=1S/C19H27N5O/c1-6-7-10-17(15-9-8-11-20-12-15)24(5)18(25)16-13-21-19(23(3)4)22-14(16)2/h8-9,11-13,17H,6-7,10H2,1-5H3. The molecule has 1 atom stereocenters. The topological polar surface area (TPSA) is 62.2 Å². The maximum atomic E-state index is 13.0. The molecule has 0 aliphatic carbocycles. The number of unbranched alkanes of at least 4 members (excludes halogenated alkanes) is 1. The summed E-state index contributed by atoms with van der Waals surface area (Å²) in [4.78, 5) is 29.6. The quantitative estimate of drug-likeness (QED) is 0.773. The predicted octanol–water partition coefficient (Wildman–Crippen LogP) is 3.25. The Hall–Kier alpha value is -2.50. The van der Waals surface area contributed by atoms with Crippen LogP contribution in [0.15, 0.2) is 30.7 Å². The number of aromatic nitrogens is 3. The Morgan fingerprint density at radius 2 is 2.00 bits per heavy atom. The lowest BCUT2D eigenvalue weighted by atomic mass is 10.0. The molecule has 0 bridgehead atoms. The average molecular weight is 341 g/mol. The van der Waals surface area contributed by atoms with Crippen molar-refractivity contribution in [2.24, 2.45) is 0 Å². The van der Waals surface area contributed by atoms with Gasteiger partial charge in [-0.2, -0.15) is 0 Å². The van der Waals surface area contributed by atoms with Crippen molar-refractivity contribution >= 4 is 11.9 Å². The van der Waals surface area contributed by atoms with E-state index in [0.29, 0.717) is 17.2 Å². The fourth-order valence-electron chi connectivity index (χ4n) is 2.77. The number of hydrogen-bond donors (Lipinski definition) is 0. The Labute approximate surface area is 149 Å². The van der Waals surface area contributed by atoms with Crippen LogP contribution in [0.25, 0.3) is 0 Å². The first-order valence-corrected chi connectivity index (χ1v) is 8.63. The highest BCUT2D eigenvalue weighted by Crippen LogP contribution is 2.26. The number of anilines is 1. The lowest BCUT2D eigenvalue weighted by Crippen LogP contribution is -2.32. The summed E-state index contributed by atoms with van der Waals surface area (Å²) in [5.41, 5.74) is 2.28. The minimum absolute atomic E-state index is 0.00549. The van der Waals surface area contributed by atoms with Gasteiger partial charge in [0.15, 0.2) is 0 Å². The molecule has 0 N–H and O–H groups in total. The molecular weight excluding hydrogens is 314 g/mol. The monoisotopic (exact) mass is 341 g/mol. The van der Waals surface area contributed by atoms with Crippen LogP contribution in [0.1, 0.15) is 53.8 Å². The molecular formula is C19H27N5O. The molecule has 0 spiro atoms. The summed E-state index contributed by atoms with van der Waals surface area (Å²) in [5.74, 6) is 0.541. The average Bonchev–Trinajstić information content (AvgIpc) is 2.62. The van der Waals surface area contributed by atoms with Crippen LogP contribution in [-0.2, 0) is 0 Å². The molecule has 0 saturated carbocycles. The first-order chi connectivity index (χ1) is 12.0. The maximum absolute atomic E-state index is 13.0. The van der Waals surface area contributed by atoms with Crippen molar-refractivity contribution in [2.75, 3.05) is 26.0 Å². The Morgan fingerprint density at radius 1 is 1.24 bits per heavy atom. The largest absolute Gasteiger partial charge is 0.347 e. The number of amides is 1. The van der Waals surface area contributed by atoms with Crippen molar-refractivity contribution in [1.29, 1.82) is 0 Å². The highest BCUT2D eigenvalue weighted by atomic mass is 16.2. The SMILES string of the molecule is CCCCC(c1cccnc1)N(C)C(=O)c1cnc(N(C)C)nc1C. The van der Waals surface area contributed by atoms with Crippen LogP contribution in [0.5, 0.6) is 0 Å². The van der Waals surface area contributed by atoms with Crippen LogP contribution < -0.4 is 4.90 Å². The second kappa shape index (κ2) is 8.55. The number of carbonyl (C=O) groups excluding carboxylic acids is 1. The van der Waals surface area contributed by atoms with E-state index in [2.05, 4.69) is 21.9 Å². The molecule has 0 aliphatic rings. The molecule has 6 heteroatoms. The summed E-state index contributed by atoms with van der Waals surface area (Å²) in [7, 11) is 5.60. The van der Waals surface area contributed by atoms with E-state index >= 15 is 0 Å².